The average Bonchev–Trinajstić information content (AvgIpc) is 3.27. The van der Waals surface area contributed by atoms with E-state index >= 15 is 0 Å². The van der Waals surface area contributed by atoms with Gasteiger partial charge in [-0.15, -0.1) is 0 Å². The van der Waals surface area contributed by atoms with Crippen molar-refractivity contribution in [3.8, 4) is 0 Å². The molecule has 128 valence electrons. The second-order valence-electron chi connectivity index (χ2n) is 7.74. The van der Waals surface area contributed by atoms with Crippen LogP contribution in [0.15, 0.2) is 30.3 Å². The number of hydrogen-bond donors (Lipinski definition) is 0. The molecule has 3 aliphatic rings. The van der Waals surface area contributed by atoms with E-state index in [0.29, 0.717) is 0 Å². The van der Waals surface area contributed by atoms with E-state index < -0.39 is 11.1 Å². The number of nitro groups is 1. The van der Waals surface area contributed by atoms with Crippen LogP contribution in [0.1, 0.15) is 50.5 Å². The highest BCUT2D eigenvalue weighted by Gasteiger charge is 2.75. The maximum Gasteiger partial charge on any atom is 0.285 e. The largest absolute Gasteiger partial charge is 0.291 e. The normalized spacial score (nSPS) is 39.3. The van der Waals surface area contributed by atoms with Crippen molar-refractivity contribution in [2.24, 2.45) is 5.92 Å². The van der Waals surface area contributed by atoms with Crippen molar-refractivity contribution in [3.63, 3.8) is 0 Å². The van der Waals surface area contributed by atoms with Gasteiger partial charge in [0.25, 0.3) is 5.54 Å². The highest BCUT2D eigenvalue weighted by atomic mass is 16.6. The summed E-state index contributed by atoms with van der Waals surface area (Å²) < 4.78 is 0. The molecule has 2 aliphatic carbocycles. The minimum absolute atomic E-state index is 0.0564. The molecule has 5 heteroatoms. The summed E-state index contributed by atoms with van der Waals surface area (Å²) in [7, 11) is 0. The van der Waals surface area contributed by atoms with Gasteiger partial charge in [-0.25, -0.2) is 0 Å². The van der Waals surface area contributed by atoms with Crippen molar-refractivity contribution < 1.29 is 9.72 Å². The Labute approximate surface area is 142 Å². The lowest BCUT2D eigenvalue weighted by molar-refractivity contribution is -0.550. The van der Waals surface area contributed by atoms with Gasteiger partial charge in [-0.3, -0.25) is 19.8 Å². The average molecular weight is 328 g/mol. The van der Waals surface area contributed by atoms with Crippen LogP contribution in [0.2, 0.25) is 0 Å². The molecule has 24 heavy (non-hydrogen) atoms. The third kappa shape index (κ3) is 1.82. The Kier molecular flexibility index (Phi) is 3.53. The Balaban J connectivity index is 1.89. The summed E-state index contributed by atoms with van der Waals surface area (Å²) in [5.74, 6) is -0.413. The van der Waals surface area contributed by atoms with Crippen molar-refractivity contribution in [2.45, 2.75) is 56.0 Å². The molecule has 0 amide bonds. The number of Topliss-reactive ketones (excluding diaryl/α,β-unsaturated/α-hetero) is 1. The molecular formula is C19H24N2O3. The van der Waals surface area contributed by atoms with Crippen LogP contribution >= 0.6 is 0 Å². The van der Waals surface area contributed by atoms with Gasteiger partial charge in [-0.2, -0.15) is 0 Å². The number of rotatable bonds is 3. The second kappa shape index (κ2) is 5.38. The van der Waals surface area contributed by atoms with Crippen LogP contribution < -0.4 is 0 Å². The number of carbonyl (C=O) groups excluding carboxylic acids is 1. The van der Waals surface area contributed by atoms with Crippen LogP contribution in [0.5, 0.6) is 0 Å². The van der Waals surface area contributed by atoms with Crippen LogP contribution in [0.4, 0.5) is 0 Å². The van der Waals surface area contributed by atoms with E-state index in [2.05, 4.69) is 4.90 Å². The van der Waals surface area contributed by atoms with Crippen molar-refractivity contribution in [1.82, 2.24) is 4.90 Å². The molecule has 4 atom stereocenters. The van der Waals surface area contributed by atoms with Gasteiger partial charge in [0.15, 0.2) is 0 Å². The SMILES string of the molecule is CC1([N+](=O)[O-])C(=O)C2(N3CCCC3)CCCC2C1c1ccccc1. The molecule has 5 nitrogen and oxygen atoms in total. The van der Waals surface area contributed by atoms with Gasteiger partial charge in [0, 0.05) is 11.8 Å². The van der Waals surface area contributed by atoms with Gasteiger partial charge < -0.3 is 0 Å². The fourth-order valence-electron chi connectivity index (χ4n) is 5.78. The summed E-state index contributed by atoms with van der Waals surface area (Å²) >= 11 is 0. The molecule has 1 saturated heterocycles. The van der Waals surface area contributed by atoms with Gasteiger partial charge in [0.1, 0.15) is 0 Å². The zero-order chi connectivity index (χ0) is 16.9. The Morgan fingerprint density at radius 1 is 1.17 bits per heavy atom. The number of fused-ring (bicyclic) bond motifs is 1. The highest BCUT2D eigenvalue weighted by Crippen LogP contribution is 2.60. The summed E-state index contributed by atoms with van der Waals surface area (Å²) in [5.41, 5.74) is -1.19. The lowest BCUT2D eigenvalue weighted by atomic mass is 9.78. The van der Waals surface area contributed by atoms with Crippen molar-refractivity contribution in [3.05, 3.63) is 46.0 Å². The number of carbonyl (C=O) groups is 1. The predicted octanol–water partition coefficient (Wildman–Crippen LogP) is 3.02. The van der Waals surface area contributed by atoms with E-state index in [4.69, 9.17) is 0 Å². The van der Waals surface area contributed by atoms with Crippen molar-refractivity contribution in [1.29, 1.82) is 0 Å². The summed E-state index contributed by atoms with van der Waals surface area (Å²) in [6, 6.07) is 9.68. The number of nitrogens with zero attached hydrogens (tertiary/aromatic N) is 2. The van der Waals surface area contributed by atoms with Crippen LogP contribution in [0.25, 0.3) is 0 Å². The summed E-state index contributed by atoms with van der Waals surface area (Å²) in [6.07, 6.45) is 4.86. The van der Waals surface area contributed by atoms with E-state index in [1.165, 1.54) is 0 Å². The molecule has 2 saturated carbocycles. The van der Waals surface area contributed by atoms with E-state index in [-0.39, 0.29) is 22.5 Å². The van der Waals surface area contributed by atoms with Crippen LogP contribution in [-0.2, 0) is 4.79 Å². The Hall–Kier alpha value is -1.75. The monoisotopic (exact) mass is 328 g/mol. The molecule has 0 radical (unpaired) electrons. The number of ketones is 1. The Morgan fingerprint density at radius 2 is 1.83 bits per heavy atom. The summed E-state index contributed by atoms with van der Waals surface area (Å²) in [6.45, 7) is 3.37. The first-order valence-electron chi connectivity index (χ1n) is 9.02. The predicted molar refractivity (Wildman–Crippen MR) is 90.5 cm³/mol. The van der Waals surface area contributed by atoms with Crippen LogP contribution in [0.3, 0.4) is 0 Å². The van der Waals surface area contributed by atoms with Gasteiger partial charge in [-0.1, -0.05) is 36.8 Å². The molecule has 0 bridgehead atoms. The van der Waals surface area contributed by atoms with E-state index in [0.717, 1.165) is 50.8 Å². The van der Waals surface area contributed by atoms with Gasteiger partial charge in [0.2, 0.25) is 5.78 Å². The fraction of sp³-hybridized carbons (Fsp3) is 0.632. The maximum atomic E-state index is 13.6. The smallest absolute Gasteiger partial charge is 0.285 e. The summed E-state index contributed by atoms with van der Waals surface area (Å²) in [5, 5.41) is 12.1. The maximum absolute atomic E-state index is 13.6. The Bertz CT molecular complexity index is 670. The molecule has 1 aromatic carbocycles. The van der Waals surface area contributed by atoms with Crippen LogP contribution in [0, 0.1) is 16.0 Å². The highest BCUT2D eigenvalue weighted by molar-refractivity contribution is 6.00. The molecular weight excluding hydrogens is 304 g/mol. The number of hydrogen-bond acceptors (Lipinski definition) is 4. The first kappa shape index (κ1) is 15.8. The van der Waals surface area contributed by atoms with Gasteiger partial charge >= 0.3 is 0 Å². The number of benzene rings is 1. The quantitative estimate of drug-likeness (QED) is 0.632. The molecule has 0 spiro atoms. The van der Waals surface area contributed by atoms with Crippen molar-refractivity contribution in [2.75, 3.05) is 13.1 Å². The van der Waals surface area contributed by atoms with E-state index in [9.17, 15) is 14.9 Å². The molecule has 1 aliphatic heterocycles. The summed E-state index contributed by atoms with van der Waals surface area (Å²) in [4.78, 5) is 27.6. The first-order valence-corrected chi connectivity index (χ1v) is 9.02. The fourth-order valence-corrected chi connectivity index (χ4v) is 5.78. The lowest BCUT2D eigenvalue weighted by Crippen LogP contribution is -2.57. The molecule has 0 aromatic heterocycles. The molecule has 4 rings (SSSR count). The minimum Gasteiger partial charge on any atom is -0.291 e. The van der Waals surface area contributed by atoms with E-state index in [1.807, 2.05) is 30.3 Å². The van der Waals surface area contributed by atoms with Crippen molar-refractivity contribution >= 4 is 5.78 Å². The molecule has 3 fully saturated rings. The molecule has 1 heterocycles. The third-order valence-corrected chi connectivity index (χ3v) is 6.76. The zero-order valence-corrected chi connectivity index (χ0v) is 14.1. The van der Waals surface area contributed by atoms with Gasteiger partial charge in [-0.05, 0) is 50.3 Å². The molecule has 0 N–H and O–H groups in total. The first-order chi connectivity index (χ1) is 11.5. The lowest BCUT2D eigenvalue weighted by Gasteiger charge is -2.38. The standard InChI is InChI=1S/C19H24N2O3/c1-18(21(23)24)16(14-8-3-2-4-9-14)15-10-7-11-19(15,17(18)22)20-12-5-6-13-20/h2-4,8-9,15-16H,5-7,10-13H2,1H3. The third-order valence-electron chi connectivity index (χ3n) is 6.76. The molecule has 4 unspecified atom stereocenters. The van der Waals surface area contributed by atoms with Crippen LogP contribution in [-0.4, -0.2) is 39.8 Å². The molecule has 1 aromatic rings. The minimum atomic E-state index is -1.52. The Morgan fingerprint density at radius 3 is 2.46 bits per heavy atom. The topological polar surface area (TPSA) is 63.5 Å². The second-order valence-corrected chi connectivity index (χ2v) is 7.74. The van der Waals surface area contributed by atoms with E-state index in [1.54, 1.807) is 6.92 Å². The zero-order valence-electron chi connectivity index (χ0n) is 14.1. The number of likely N-dealkylation sites (tertiary alicyclic amines) is 1. The van der Waals surface area contributed by atoms with Gasteiger partial charge in [0.05, 0.1) is 11.5 Å².